The maximum absolute atomic E-state index is 12.3. The Kier molecular flexibility index (Phi) is 6.34. The first kappa shape index (κ1) is 19.6. The number of nitrogens with one attached hydrogen (secondary N) is 1. The van der Waals surface area contributed by atoms with E-state index < -0.39 is 0 Å². The predicted octanol–water partition coefficient (Wildman–Crippen LogP) is 5.19. The highest BCUT2D eigenvalue weighted by Crippen LogP contribution is 2.34. The third-order valence-corrected chi connectivity index (χ3v) is 6.17. The van der Waals surface area contributed by atoms with E-state index in [1.807, 2.05) is 30.3 Å². The molecular formula is C20H24N4OS2. The van der Waals surface area contributed by atoms with E-state index in [1.165, 1.54) is 22.2 Å². The zero-order valence-corrected chi connectivity index (χ0v) is 17.7. The number of para-hydroxylation sites is 1. The van der Waals surface area contributed by atoms with Gasteiger partial charge >= 0.3 is 0 Å². The molecule has 7 heteroatoms. The van der Waals surface area contributed by atoms with Crippen molar-refractivity contribution in [2.24, 2.45) is 0 Å². The number of amides is 1. The van der Waals surface area contributed by atoms with Crippen LogP contribution in [0.4, 0.5) is 5.69 Å². The molecule has 2 aromatic heterocycles. The molecule has 3 aromatic rings. The van der Waals surface area contributed by atoms with Crippen molar-refractivity contribution in [3.63, 3.8) is 0 Å². The number of anilines is 1. The number of nitrogens with zero attached hydrogens (tertiary/aromatic N) is 3. The Balaban J connectivity index is 1.78. The molecule has 0 spiro atoms. The van der Waals surface area contributed by atoms with Crippen LogP contribution in [0.5, 0.6) is 0 Å². The highest BCUT2D eigenvalue weighted by molar-refractivity contribution is 7.99. The second kappa shape index (κ2) is 8.71. The number of hydrogen-bond acceptors (Lipinski definition) is 5. The van der Waals surface area contributed by atoms with Gasteiger partial charge in [0.15, 0.2) is 11.0 Å². The molecule has 27 heavy (non-hydrogen) atoms. The topological polar surface area (TPSA) is 59.8 Å². The maximum Gasteiger partial charge on any atom is 0.234 e. The SMILES string of the molecule is CCc1c(-c2nnc(SCC(=O)Nc3ccccc3)n2C(C)C)csc1C. The highest BCUT2D eigenvalue weighted by Gasteiger charge is 2.21. The van der Waals surface area contributed by atoms with Gasteiger partial charge in [0.1, 0.15) is 0 Å². The lowest BCUT2D eigenvalue weighted by atomic mass is 10.1. The summed E-state index contributed by atoms with van der Waals surface area (Å²) >= 11 is 3.17. The van der Waals surface area contributed by atoms with Gasteiger partial charge in [0.25, 0.3) is 0 Å². The number of thioether (sulfide) groups is 1. The Morgan fingerprint density at radius 1 is 1.26 bits per heavy atom. The van der Waals surface area contributed by atoms with Crippen LogP contribution in [-0.2, 0) is 11.2 Å². The average molecular weight is 401 g/mol. The summed E-state index contributed by atoms with van der Waals surface area (Å²) in [5.41, 5.74) is 3.28. The lowest BCUT2D eigenvalue weighted by Gasteiger charge is -2.14. The minimum atomic E-state index is -0.0494. The van der Waals surface area contributed by atoms with Crippen LogP contribution in [0.3, 0.4) is 0 Å². The number of aromatic nitrogens is 3. The van der Waals surface area contributed by atoms with Crippen LogP contribution in [0.25, 0.3) is 11.4 Å². The van der Waals surface area contributed by atoms with Gasteiger partial charge in [-0.05, 0) is 44.9 Å². The van der Waals surface area contributed by atoms with Crippen LogP contribution < -0.4 is 5.32 Å². The molecule has 3 rings (SSSR count). The first-order valence-corrected chi connectivity index (χ1v) is 10.9. The van der Waals surface area contributed by atoms with Crippen LogP contribution in [-0.4, -0.2) is 26.4 Å². The molecule has 0 unspecified atom stereocenters. The van der Waals surface area contributed by atoms with Crippen molar-refractivity contribution in [1.82, 2.24) is 14.8 Å². The van der Waals surface area contributed by atoms with E-state index in [4.69, 9.17) is 0 Å². The van der Waals surface area contributed by atoms with E-state index in [2.05, 4.69) is 53.2 Å². The van der Waals surface area contributed by atoms with Gasteiger partial charge in [-0.1, -0.05) is 36.9 Å². The van der Waals surface area contributed by atoms with Gasteiger partial charge < -0.3 is 5.32 Å². The molecule has 0 radical (unpaired) electrons. The quantitative estimate of drug-likeness (QED) is 0.555. The van der Waals surface area contributed by atoms with Crippen molar-refractivity contribution in [2.75, 3.05) is 11.1 Å². The van der Waals surface area contributed by atoms with E-state index in [0.29, 0.717) is 5.75 Å². The van der Waals surface area contributed by atoms with Gasteiger partial charge in [-0.2, -0.15) is 0 Å². The summed E-state index contributed by atoms with van der Waals surface area (Å²) in [5.74, 6) is 1.13. The molecule has 0 aliphatic heterocycles. The summed E-state index contributed by atoms with van der Waals surface area (Å²) in [6.07, 6.45) is 0.970. The Morgan fingerprint density at radius 3 is 2.67 bits per heavy atom. The third kappa shape index (κ3) is 4.42. The van der Waals surface area contributed by atoms with Crippen molar-refractivity contribution >= 4 is 34.7 Å². The van der Waals surface area contributed by atoms with Crippen LogP contribution in [0.1, 0.15) is 37.3 Å². The zero-order chi connectivity index (χ0) is 19.4. The minimum Gasteiger partial charge on any atom is -0.325 e. The first-order chi connectivity index (χ1) is 13.0. The van der Waals surface area contributed by atoms with Crippen LogP contribution in [0.15, 0.2) is 40.9 Å². The van der Waals surface area contributed by atoms with Crippen molar-refractivity contribution in [2.45, 2.75) is 45.3 Å². The smallest absolute Gasteiger partial charge is 0.234 e. The largest absolute Gasteiger partial charge is 0.325 e. The zero-order valence-electron chi connectivity index (χ0n) is 16.0. The standard InChI is InChI=1S/C20H24N4OS2/c1-5-16-14(4)26-11-17(16)19-22-23-20(24(19)13(2)3)27-12-18(25)21-15-9-7-6-8-10-15/h6-11,13H,5,12H2,1-4H3,(H,21,25). The van der Waals surface area contributed by atoms with Crippen molar-refractivity contribution < 1.29 is 4.79 Å². The highest BCUT2D eigenvalue weighted by atomic mass is 32.2. The molecule has 0 saturated heterocycles. The molecule has 1 amide bonds. The van der Waals surface area contributed by atoms with E-state index >= 15 is 0 Å². The van der Waals surface area contributed by atoms with Gasteiger partial charge in [-0.15, -0.1) is 21.5 Å². The van der Waals surface area contributed by atoms with Crippen LogP contribution >= 0.6 is 23.1 Å². The van der Waals surface area contributed by atoms with Gasteiger partial charge in [-0.3, -0.25) is 9.36 Å². The third-order valence-electron chi connectivity index (χ3n) is 4.27. The fourth-order valence-electron chi connectivity index (χ4n) is 2.98. The minimum absolute atomic E-state index is 0.0494. The summed E-state index contributed by atoms with van der Waals surface area (Å²) in [5, 5.41) is 14.7. The molecule has 5 nitrogen and oxygen atoms in total. The Bertz CT molecular complexity index is 915. The molecule has 0 aliphatic carbocycles. The van der Waals surface area contributed by atoms with Gasteiger partial charge in [-0.25, -0.2) is 0 Å². The molecule has 0 aliphatic rings. The number of aryl methyl sites for hydroxylation is 1. The number of carbonyl (C=O) groups excluding carboxylic acids is 1. The summed E-state index contributed by atoms with van der Waals surface area (Å²) in [7, 11) is 0. The van der Waals surface area contributed by atoms with E-state index in [1.54, 1.807) is 11.3 Å². The van der Waals surface area contributed by atoms with Crippen LogP contribution in [0.2, 0.25) is 0 Å². The Hall–Kier alpha value is -2.12. The maximum atomic E-state index is 12.3. The normalized spacial score (nSPS) is 11.1. The molecule has 2 heterocycles. The second-order valence-corrected chi connectivity index (χ2v) is 8.54. The summed E-state index contributed by atoms with van der Waals surface area (Å²) in [6.45, 7) is 8.54. The number of benzene rings is 1. The van der Waals surface area contributed by atoms with E-state index in [-0.39, 0.29) is 11.9 Å². The molecule has 1 aromatic carbocycles. The Labute approximate surface area is 168 Å². The molecule has 0 bridgehead atoms. The van der Waals surface area contributed by atoms with Crippen molar-refractivity contribution in [3.05, 3.63) is 46.2 Å². The Morgan fingerprint density at radius 2 is 2.00 bits per heavy atom. The summed E-state index contributed by atoms with van der Waals surface area (Å²) in [6, 6.07) is 9.69. The fraction of sp³-hybridized carbons (Fsp3) is 0.350. The van der Waals surface area contributed by atoms with E-state index in [9.17, 15) is 4.79 Å². The molecular weight excluding hydrogens is 376 g/mol. The fourth-order valence-corrected chi connectivity index (χ4v) is 4.79. The van der Waals surface area contributed by atoms with Crippen molar-refractivity contribution in [3.8, 4) is 11.4 Å². The van der Waals surface area contributed by atoms with Gasteiger partial charge in [0.05, 0.1) is 5.75 Å². The van der Waals surface area contributed by atoms with Gasteiger partial charge in [0.2, 0.25) is 5.91 Å². The molecule has 1 N–H and O–H groups in total. The number of hydrogen-bond donors (Lipinski definition) is 1. The van der Waals surface area contributed by atoms with Gasteiger partial charge in [0, 0.05) is 27.5 Å². The number of thiophene rings is 1. The van der Waals surface area contributed by atoms with Crippen molar-refractivity contribution in [1.29, 1.82) is 0 Å². The summed E-state index contributed by atoms with van der Waals surface area (Å²) < 4.78 is 2.13. The predicted molar refractivity (Wildman–Crippen MR) is 114 cm³/mol. The molecule has 0 atom stereocenters. The van der Waals surface area contributed by atoms with Crippen LogP contribution in [0, 0.1) is 6.92 Å². The first-order valence-electron chi connectivity index (χ1n) is 9.01. The summed E-state index contributed by atoms with van der Waals surface area (Å²) in [4.78, 5) is 13.6. The lowest BCUT2D eigenvalue weighted by molar-refractivity contribution is -0.113. The molecule has 142 valence electrons. The molecule has 0 saturated carbocycles. The second-order valence-electron chi connectivity index (χ2n) is 6.51. The molecule has 0 fully saturated rings. The lowest BCUT2D eigenvalue weighted by Crippen LogP contribution is -2.15. The number of carbonyl (C=O) groups is 1. The number of rotatable bonds is 7. The van der Waals surface area contributed by atoms with E-state index in [0.717, 1.165) is 28.7 Å². The average Bonchev–Trinajstić information content (AvgIpc) is 3.23. The monoisotopic (exact) mass is 400 g/mol.